The molecule has 4 aromatic rings. The third-order valence-corrected chi connectivity index (χ3v) is 4.93. The average molecular weight is 441 g/mol. The van der Waals surface area contributed by atoms with Crippen molar-refractivity contribution in [3.63, 3.8) is 0 Å². The lowest BCUT2D eigenvalue weighted by Gasteiger charge is -2.11. The first-order valence-corrected chi connectivity index (χ1v) is 9.36. The molecule has 154 valence electrons. The molecule has 0 aliphatic heterocycles. The third-order valence-electron chi connectivity index (χ3n) is 4.08. The molecule has 1 aromatic carbocycles. The Hall–Kier alpha value is -4.11. The first-order valence-electron chi connectivity index (χ1n) is 8.59. The molecule has 0 radical (unpaired) electrons. The van der Waals surface area contributed by atoms with Gasteiger partial charge in [0.2, 0.25) is 0 Å². The van der Waals surface area contributed by atoms with E-state index in [-0.39, 0.29) is 28.3 Å². The SMILES string of the molecule is N#Cc1cc(NC(=O)c2snc(-c3ccccc3)c2C(F)(F)F)cnc1-n1nccn1. The second-order valence-corrected chi connectivity index (χ2v) is 6.85. The zero-order valence-corrected chi connectivity index (χ0v) is 16.1. The zero-order valence-electron chi connectivity index (χ0n) is 15.3. The molecule has 0 aliphatic carbocycles. The van der Waals surface area contributed by atoms with E-state index < -0.39 is 22.5 Å². The summed E-state index contributed by atoms with van der Waals surface area (Å²) >= 11 is 0.445. The number of carbonyl (C=O) groups excluding carboxylic acids is 1. The van der Waals surface area contributed by atoms with Crippen LogP contribution in [0.3, 0.4) is 0 Å². The van der Waals surface area contributed by atoms with E-state index in [1.54, 1.807) is 18.2 Å². The van der Waals surface area contributed by atoms with Gasteiger partial charge in [-0.05, 0) is 17.6 Å². The van der Waals surface area contributed by atoms with Crippen LogP contribution in [0.1, 0.15) is 20.8 Å². The molecule has 0 fully saturated rings. The van der Waals surface area contributed by atoms with Crippen molar-refractivity contribution in [1.29, 1.82) is 5.26 Å². The molecule has 0 saturated heterocycles. The minimum Gasteiger partial charge on any atom is -0.320 e. The highest BCUT2D eigenvalue weighted by molar-refractivity contribution is 7.08. The molecule has 1 N–H and O–H groups in total. The molecule has 31 heavy (non-hydrogen) atoms. The fourth-order valence-corrected chi connectivity index (χ4v) is 3.60. The minimum atomic E-state index is -4.80. The Bertz CT molecular complexity index is 1280. The molecule has 4 rings (SSSR count). The lowest BCUT2D eigenvalue weighted by molar-refractivity contribution is -0.137. The van der Waals surface area contributed by atoms with Crippen LogP contribution in [0, 0.1) is 11.3 Å². The molecule has 1 amide bonds. The molecular weight excluding hydrogens is 431 g/mol. The van der Waals surface area contributed by atoms with Crippen molar-refractivity contribution in [3.05, 3.63) is 71.0 Å². The van der Waals surface area contributed by atoms with E-state index in [1.165, 1.54) is 36.8 Å². The second-order valence-electron chi connectivity index (χ2n) is 6.08. The maximum absolute atomic E-state index is 13.8. The molecule has 12 heteroatoms. The number of nitrogens with one attached hydrogen (secondary N) is 1. The average Bonchev–Trinajstić information content (AvgIpc) is 3.44. The summed E-state index contributed by atoms with van der Waals surface area (Å²) in [6.07, 6.45) is -0.809. The Kier molecular flexibility index (Phi) is 5.18. The van der Waals surface area contributed by atoms with Gasteiger partial charge in [0.1, 0.15) is 22.1 Å². The predicted octanol–water partition coefficient (Wildman–Crippen LogP) is 3.93. The van der Waals surface area contributed by atoms with Crippen LogP contribution in [-0.2, 0) is 6.18 Å². The summed E-state index contributed by atoms with van der Waals surface area (Å²) in [4.78, 5) is 17.2. The Morgan fingerprint density at radius 2 is 1.87 bits per heavy atom. The van der Waals surface area contributed by atoms with Crippen LogP contribution in [-0.4, -0.2) is 30.3 Å². The number of halogens is 3. The van der Waals surface area contributed by atoms with E-state index in [0.717, 1.165) is 4.80 Å². The zero-order chi connectivity index (χ0) is 22.0. The Labute approximate surface area is 176 Å². The number of hydrogen-bond acceptors (Lipinski definition) is 7. The van der Waals surface area contributed by atoms with E-state index in [4.69, 9.17) is 0 Å². The quantitative estimate of drug-likeness (QED) is 0.514. The van der Waals surface area contributed by atoms with Gasteiger partial charge >= 0.3 is 6.18 Å². The van der Waals surface area contributed by atoms with E-state index >= 15 is 0 Å². The van der Waals surface area contributed by atoms with E-state index in [9.17, 15) is 23.2 Å². The smallest absolute Gasteiger partial charge is 0.320 e. The van der Waals surface area contributed by atoms with Gasteiger partial charge in [-0.3, -0.25) is 4.79 Å². The fraction of sp³-hybridized carbons (Fsp3) is 0.0526. The lowest BCUT2D eigenvalue weighted by Crippen LogP contribution is -2.17. The van der Waals surface area contributed by atoms with Crippen molar-refractivity contribution in [2.45, 2.75) is 6.18 Å². The molecule has 8 nitrogen and oxygen atoms in total. The monoisotopic (exact) mass is 441 g/mol. The summed E-state index contributed by atoms with van der Waals surface area (Å²) in [5.41, 5.74) is -1.12. The number of carbonyl (C=O) groups is 1. The van der Waals surface area contributed by atoms with Gasteiger partial charge in [-0.25, -0.2) is 4.98 Å². The number of rotatable bonds is 4. The maximum atomic E-state index is 13.8. The Morgan fingerprint density at radius 1 is 1.16 bits per heavy atom. The number of nitrogens with zero attached hydrogens (tertiary/aromatic N) is 6. The van der Waals surface area contributed by atoms with Crippen molar-refractivity contribution in [3.8, 4) is 23.1 Å². The highest BCUT2D eigenvalue weighted by atomic mass is 32.1. The lowest BCUT2D eigenvalue weighted by atomic mass is 10.1. The van der Waals surface area contributed by atoms with Crippen LogP contribution < -0.4 is 5.32 Å². The summed E-state index contributed by atoms with van der Waals surface area (Å²) in [6, 6.07) is 11.0. The molecular formula is C19H10F3N7OS. The van der Waals surface area contributed by atoms with Crippen molar-refractivity contribution in [2.24, 2.45) is 0 Å². The number of benzene rings is 1. The second kappa shape index (κ2) is 7.96. The number of anilines is 1. The normalized spacial score (nSPS) is 11.2. The third kappa shape index (κ3) is 3.99. The van der Waals surface area contributed by atoms with E-state index in [2.05, 4.69) is 24.9 Å². The van der Waals surface area contributed by atoms with Crippen LogP contribution in [0.25, 0.3) is 17.1 Å². The van der Waals surface area contributed by atoms with Gasteiger partial charge in [-0.1, -0.05) is 30.3 Å². The number of pyridine rings is 1. The number of aromatic nitrogens is 5. The molecule has 0 bridgehead atoms. The molecule has 3 aromatic heterocycles. The van der Waals surface area contributed by atoms with E-state index in [1.807, 2.05) is 6.07 Å². The first-order chi connectivity index (χ1) is 14.9. The number of alkyl halides is 3. The van der Waals surface area contributed by atoms with Crippen molar-refractivity contribution in [2.75, 3.05) is 5.32 Å². The van der Waals surface area contributed by atoms with Crippen molar-refractivity contribution < 1.29 is 18.0 Å². The topological polar surface area (TPSA) is 109 Å². The van der Waals surface area contributed by atoms with Gasteiger partial charge in [0.25, 0.3) is 5.91 Å². The Balaban J connectivity index is 1.68. The molecule has 3 heterocycles. The van der Waals surface area contributed by atoms with Crippen LogP contribution in [0.5, 0.6) is 0 Å². The number of nitriles is 1. The highest BCUT2D eigenvalue weighted by Gasteiger charge is 2.41. The number of hydrogen-bond donors (Lipinski definition) is 1. The molecule has 0 saturated carbocycles. The van der Waals surface area contributed by atoms with Crippen LogP contribution >= 0.6 is 11.5 Å². The highest BCUT2D eigenvalue weighted by Crippen LogP contribution is 2.41. The minimum absolute atomic E-state index is 0.0272. The molecule has 0 atom stereocenters. The molecule has 0 unspecified atom stereocenters. The molecule has 0 spiro atoms. The summed E-state index contributed by atoms with van der Waals surface area (Å²) in [5, 5.41) is 19.4. The summed E-state index contributed by atoms with van der Waals surface area (Å²) in [7, 11) is 0. The Morgan fingerprint density at radius 3 is 2.52 bits per heavy atom. The molecule has 0 aliphatic rings. The summed E-state index contributed by atoms with van der Waals surface area (Å²) < 4.78 is 45.2. The van der Waals surface area contributed by atoms with Gasteiger partial charge in [0, 0.05) is 5.56 Å². The predicted molar refractivity (Wildman–Crippen MR) is 104 cm³/mol. The maximum Gasteiger partial charge on any atom is 0.420 e. The van der Waals surface area contributed by atoms with Gasteiger partial charge in [0.05, 0.1) is 30.0 Å². The number of amides is 1. The van der Waals surface area contributed by atoms with Crippen LogP contribution in [0.15, 0.2) is 55.0 Å². The van der Waals surface area contributed by atoms with Crippen molar-refractivity contribution >= 4 is 23.1 Å². The van der Waals surface area contributed by atoms with Crippen LogP contribution in [0.2, 0.25) is 0 Å². The first kappa shape index (κ1) is 20.2. The van der Waals surface area contributed by atoms with Crippen molar-refractivity contribution in [1.82, 2.24) is 24.4 Å². The van der Waals surface area contributed by atoms with Gasteiger partial charge < -0.3 is 5.32 Å². The van der Waals surface area contributed by atoms with Gasteiger partial charge in [-0.15, -0.1) is 4.80 Å². The summed E-state index contributed by atoms with van der Waals surface area (Å²) in [6.45, 7) is 0. The fourth-order valence-electron chi connectivity index (χ4n) is 2.78. The standard InChI is InChI=1S/C19H10F3N7OS/c20-19(21,22)14-15(11-4-2-1-3-5-11)28-31-16(14)18(30)27-13-8-12(9-23)17(24-10-13)29-25-6-7-26-29/h1-8,10H,(H,27,30). The van der Waals surface area contributed by atoms with Gasteiger partial charge in [0.15, 0.2) is 5.82 Å². The van der Waals surface area contributed by atoms with Gasteiger partial charge in [-0.2, -0.15) is 33.0 Å². The largest absolute Gasteiger partial charge is 0.420 e. The van der Waals surface area contributed by atoms with E-state index in [0.29, 0.717) is 11.5 Å². The van der Waals surface area contributed by atoms with Crippen LogP contribution in [0.4, 0.5) is 18.9 Å². The summed E-state index contributed by atoms with van der Waals surface area (Å²) in [5.74, 6) is -0.895.